The lowest BCUT2D eigenvalue weighted by Gasteiger charge is -2.27. The van der Waals surface area contributed by atoms with E-state index in [1.165, 1.54) is 85.2 Å². The first-order valence-electron chi connectivity index (χ1n) is 23.6. The lowest BCUT2D eigenvalue weighted by atomic mass is 9.93. The van der Waals surface area contributed by atoms with Crippen molar-refractivity contribution in [2.75, 3.05) is 4.90 Å². The molecule has 12 aromatic carbocycles. The Kier molecular flexibility index (Phi) is 9.11. The Morgan fingerprint density at radius 3 is 1.35 bits per heavy atom. The third kappa shape index (κ3) is 6.47. The van der Waals surface area contributed by atoms with Crippen molar-refractivity contribution in [3.63, 3.8) is 0 Å². The van der Waals surface area contributed by atoms with E-state index in [1.807, 2.05) is 17.4 Å². The number of rotatable bonds is 4. The SMILES string of the molecule is c1ccc(-c2ccc(N(c3ccc4c(c3)-c3ccccc3Oc3ccccc3-4)c3ccc4c5ccccc5c5ccccc5c5ccccc5c5cc6sc7ccccc7c6cc5c4c3)cc2)cc1. The number of nitrogens with zero attached hydrogens (tertiary/aromatic N) is 1. The monoisotopic (exact) mass is 895 g/mol. The molecule has 0 amide bonds. The summed E-state index contributed by atoms with van der Waals surface area (Å²) in [5, 5.41) is 14.6. The Morgan fingerprint density at radius 1 is 0.246 bits per heavy atom. The maximum Gasteiger partial charge on any atom is 0.135 e. The summed E-state index contributed by atoms with van der Waals surface area (Å²) in [7, 11) is 0. The summed E-state index contributed by atoms with van der Waals surface area (Å²) in [5.41, 5.74) is 9.93. The molecular weight excluding hydrogens is 855 g/mol. The van der Waals surface area contributed by atoms with Crippen LogP contribution >= 0.6 is 11.3 Å². The Labute approximate surface area is 403 Å². The highest BCUT2D eigenvalue weighted by Crippen LogP contribution is 2.50. The molecule has 0 radical (unpaired) electrons. The number of ether oxygens (including phenoxy) is 1. The molecule has 2 heterocycles. The van der Waals surface area contributed by atoms with E-state index in [-0.39, 0.29) is 0 Å². The van der Waals surface area contributed by atoms with E-state index < -0.39 is 0 Å². The number of anilines is 3. The minimum Gasteiger partial charge on any atom is -0.456 e. The van der Waals surface area contributed by atoms with Crippen LogP contribution in [-0.4, -0.2) is 0 Å². The highest BCUT2D eigenvalue weighted by molar-refractivity contribution is 7.25. The molecule has 322 valence electrons. The van der Waals surface area contributed by atoms with Gasteiger partial charge in [-0.25, -0.2) is 0 Å². The maximum atomic E-state index is 6.66. The van der Waals surface area contributed by atoms with Crippen molar-refractivity contribution in [3.8, 4) is 44.9 Å². The topological polar surface area (TPSA) is 12.5 Å². The molecule has 0 bridgehead atoms. The Hall–Kier alpha value is -8.76. The van der Waals surface area contributed by atoms with Gasteiger partial charge in [0.2, 0.25) is 0 Å². The second-order valence-electron chi connectivity index (χ2n) is 17.9. The molecule has 2 nitrogen and oxygen atoms in total. The normalized spacial score (nSPS) is 11.9. The fourth-order valence-electron chi connectivity index (χ4n) is 10.9. The average molecular weight is 896 g/mol. The van der Waals surface area contributed by atoms with Crippen LogP contribution in [-0.2, 0) is 0 Å². The van der Waals surface area contributed by atoms with Gasteiger partial charge in [-0.3, -0.25) is 0 Å². The zero-order valence-corrected chi connectivity index (χ0v) is 38.3. The summed E-state index contributed by atoms with van der Waals surface area (Å²) < 4.78 is 9.23. The van der Waals surface area contributed by atoms with Gasteiger partial charge in [-0.05, 0) is 143 Å². The molecule has 1 aromatic heterocycles. The molecule has 1 aliphatic rings. The quantitative estimate of drug-likeness (QED) is 0.175. The first-order valence-corrected chi connectivity index (χ1v) is 24.4. The van der Waals surface area contributed by atoms with E-state index in [0.29, 0.717) is 0 Å². The largest absolute Gasteiger partial charge is 0.456 e. The molecular formula is C66H41NOS. The van der Waals surface area contributed by atoms with Crippen LogP contribution in [0.25, 0.3) is 107 Å². The molecule has 13 aromatic rings. The number of benzene rings is 11. The van der Waals surface area contributed by atoms with Gasteiger partial charge in [-0.1, -0.05) is 182 Å². The predicted molar refractivity (Wildman–Crippen MR) is 296 cm³/mol. The zero-order valence-electron chi connectivity index (χ0n) is 37.4. The smallest absolute Gasteiger partial charge is 0.135 e. The van der Waals surface area contributed by atoms with Gasteiger partial charge in [0.05, 0.1) is 0 Å². The van der Waals surface area contributed by atoms with Crippen molar-refractivity contribution in [1.29, 1.82) is 0 Å². The summed E-state index contributed by atoms with van der Waals surface area (Å²) in [6, 6.07) is 91.2. The van der Waals surface area contributed by atoms with Crippen LogP contribution in [0.15, 0.2) is 249 Å². The first-order chi connectivity index (χ1) is 34.2. The van der Waals surface area contributed by atoms with E-state index in [2.05, 4.69) is 248 Å². The summed E-state index contributed by atoms with van der Waals surface area (Å²) in [6.07, 6.45) is 0. The molecule has 0 spiro atoms. The van der Waals surface area contributed by atoms with Crippen molar-refractivity contribution in [1.82, 2.24) is 0 Å². The van der Waals surface area contributed by atoms with Crippen molar-refractivity contribution >= 4 is 102 Å². The lowest BCUT2D eigenvalue weighted by molar-refractivity contribution is 0.488. The Bertz CT molecular complexity index is 4280. The van der Waals surface area contributed by atoms with Crippen LogP contribution in [0, 0.1) is 0 Å². The molecule has 0 unspecified atom stereocenters. The molecule has 1 aliphatic heterocycles. The second kappa shape index (κ2) is 16.0. The summed E-state index contributed by atoms with van der Waals surface area (Å²) in [5.74, 6) is 1.70. The van der Waals surface area contributed by atoms with Crippen molar-refractivity contribution in [2.24, 2.45) is 0 Å². The van der Waals surface area contributed by atoms with E-state index in [1.54, 1.807) is 0 Å². The number of hydrogen-bond donors (Lipinski definition) is 0. The molecule has 0 aliphatic carbocycles. The van der Waals surface area contributed by atoms with Gasteiger partial charge < -0.3 is 9.64 Å². The zero-order chi connectivity index (χ0) is 45.4. The van der Waals surface area contributed by atoms with Gasteiger partial charge in [0, 0.05) is 48.4 Å². The fraction of sp³-hybridized carbons (Fsp3) is 0. The van der Waals surface area contributed by atoms with Crippen molar-refractivity contribution in [3.05, 3.63) is 249 Å². The van der Waals surface area contributed by atoms with Crippen LogP contribution in [0.5, 0.6) is 11.5 Å². The van der Waals surface area contributed by atoms with Crippen LogP contribution in [0.4, 0.5) is 17.1 Å². The summed E-state index contributed by atoms with van der Waals surface area (Å²) in [6.45, 7) is 0. The second-order valence-corrected chi connectivity index (χ2v) is 19.0. The standard InChI is InChI=1S/C66H41NOS/c1-2-16-42(17-3-1)43-30-32-44(33-31-43)67(45-35-37-54-55-24-10-13-27-63(55)68-64-28-14-11-25-56(64)58(54)38-45)46-34-36-53-51-22-7-6-20-49(51)47-18-4-5-19-48(47)50-21-8-9-23-52(50)61-41-66-62(40-60(61)59(53)39-46)57-26-12-15-29-65(57)69-66/h1-41H. The molecule has 0 N–H and O–H groups in total. The molecule has 3 heteroatoms. The van der Waals surface area contributed by atoms with Gasteiger partial charge in [0.15, 0.2) is 0 Å². The van der Waals surface area contributed by atoms with E-state index in [0.717, 1.165) is 50.8 Å². The maximum absolute atomic E-state index is 6.66. The lowest BCUT2D eigenvalue weighted by Crippen LogP contribution is -2.10. The van der Waals surface area contributed by atoms with Crippen molar-refractivity contribution < 1.29 is 4.74 Å². The number of fused-ring (bicyclic) bond motifs is 18. The van der Waals surface area contributed by atoms with Crippen LogP contribution < -0.4 is 9.64 Å². The molecule has 14 rings (SSSR count). The van der Waals surface area contributed by atoms with Crippen molar-refractivity contribution in [2.45, 2.75) is 0 Å². The number of hydrogen-bond acceptors (Lipinski definition) is 3. The van der Waals surface area contributed by atoms with Gasteiger partial charge >= 0.3 is 0 Å². The minimum atomic E-state index is 0.845. The van der Waals surface area contributed by atoms with Gasteiger partial charge in [0.1, 0.15) is 11.5 Å². The molecule has 0 fully saturated rings. The van der Waals surface area contributed by atoms with E-state index >= 15 is 0 Å². The van der Waals surface area contributed by atoms with Gasteiger partial charge in [-0.15, -0.1) is 11.3 Å². The van der Waals surface area contributed by atoms with Crippen LogP contribution in [0.3, 0.4) is 0 Å². The highest BCUT2D eigenvalue weighted by atomic mass is 32.1. The molecule has 69 heavy (non-hydrogen) atoms. The third-order valence-electron chi connectivity index (χ3n) is 14.1. The molecule has 0 saturated heterocycles. The van der Waals surface area contributed by atoms with Crippen LogP contribution in [0.2, 0.25) is 0 Å². The Balaban J connectivity index is 1.12. The third-order valence-corrected chi connectivity index (χ3v) is 15.2. The van der Waals surface area contributed by atoms with Gasteiger partial charge in [0.25, 0.3) is 0 Å². The average Bonchev–Trinajstić information content (AvgIpc) is 3.72. The number of para-hydroxylation sites is 2. The predicted octanol–water partition coefficient (Wildman–Crippen LogP) is 19.5. The van der Waals surface area contributed by atoms with E-state index in [9.17, 15) is 0 Å². The summed E-state index contributed by atoms with van der Waals surface area (Å²) in [4.78, 5) is 2.43. The van der Waals surface area contributed by atoms with E-state index in [4.69, 9.17) is 4.74 Å². The highest BCUT2D eigenvalue weighted by Gasteiger charge is 2.23. The van der Waals surface area contributed by atoms with Gasteiger partial charge in [-0.2, -0.15) is 0 Å². The first kappa shape index (κ1) is 39.4. The molecule has 0 saturated carbocycles. The Morgan fingerprint density at radius 2 is 0.696 bits per heavy atom. The molecule has 0 atom stereocenters. The summed E-state index contributed by atoms with van der Waals surface area (Å²) >= 11 is 1.87. The minimum absolute atomic E-state index is 0.845. The number of thiophene rings is 1. The van der Waals surface area contributed by atoms with Crippen LogP contribution in [0.1, 0.15) is 0 Å². The fourth-order valence-corrected chi connectivity index (χ4v) is 12.0.